The number of nitrogens with zero attached hydrogens (tertiary/aromatic N) is 1. The number of halogens is 2. The predicted octanol–water partition coefficient (Wildman–Crippen LogP) is 3.53. The molecule has 0 aliphatic carbocycles. The summed E-state index contributed by atoms with van der Waals surface area (Å²) in [6.45, 7) is 0. The second-order valence-electron chi connectivity index (χ2n) is 5.99. The zero-order chi connectivity index (χ0) is 18.7. The van der Waals surface area contributed by atoms with Crippen LogP contribution in [0.2, 0.25) is 0 Å². The van der Waals surface area contributed by atoms with Gasteiger partial charge in [-0.25, -0.2) is 4.79 Å². The second-order valence-corrected chi connectivity index (χ2v) is 6.52. The Bertz CT molecular complexity index is 781. The van der Waals surface area contributed by atoms with Crippen LogP contribution >= 0.6 is 23.2 Å². The molecule has 2 aromatic carbocycles. The first kappa shape index (κ1) is 18.7. The van der Waals surface area contributed by atoms with Crippen LogP contribution in [0.15, 0.2) is 60.7 Å². The van der Waals surface area contributed by atoms with Crippen LogP contribution in [0, 0.1) is 0 Å². The van der Waals surface area contributed by atoms with Gasteiger partial charge in [-0.2, -0.15) is 0 Å². The van der Waals surface area contributed by atoms with E-state index in [1.807, 2.05) is 6.07 Å². The summed E-state index contributed by atoms with van der Waals surface area (Å²) in [4.78, 5) is 26.5. The quantitative estimate of drug-likeness (QED) is 0.788. The summed E-state index contributed by atoms with van der Waals surface area (Å²) >= 11 is 12.2. The smallest absolute Gasteiger partial charge is 0.335 e. The van der Waals surface area contributed by atoms with Crippen molar-refractivity contribution in [1.82, 2.24) is 4.90 Å². The van der Waals surface area contributed by atoms with Crippen molar-refractivity contribution in [3.05, 3.63) is 71.8 Å². The molecule has 2 aromatic rings. The van der Waals surface area contributed by atoms with Crippen LogP contribution in [0.4, 0.5) is 0 Å². The molecule has 0 aromatic heterocycles. The van der Waals surface area contributed by atoms with Gasteiger partial charge < -0.3 is 9.84 Å². The van der Waals surface area contributed by atoms with E-state index in [1.54, 1.807) is 54.6 Å². The number of carbonyl (C=O) groups excluding carboxylic acids is 1. The molecule has 0 bridgehead atoms. The number of amides is 1. The fourth-order valence-electron chi connectivity index (χ4n) is 3.16. The molecule has 2 atom stereocenters. The molecular formula is C19H17Cl2NO4. The van der Waals surface area contributed by atoms with E-state index in [-0.39, 0.29) is 17.7 Å². The lowest BCUT2D eigenvalue weighted by Gasteiger charge is -2.36. The van der Waals surface area contributed by atoms with Gasteiger partial charge in [0.1, 0.15) is 0 Å². The fraction of sp³-hybridized carbons (Fsp3) is 0.263. The van der Waals surface area contributed by atoms with Gasteiger partial charge in [-0.05, 0) is 17.7 Å². The van der Waals surface area contributed by atoms with Crippen molar-refractivity contribution in [1.29, 1.82) is 0 Å². The van der Waals surface area contributed by atoms with Gasteiger partial charge in [0.15, 0.2) is 11.8 Å². The second kappa shape index (κ2) is 7.66. The highest BCUT2D eigenvalue weighted by atomic mass is 35.5. The first-order valence-electron chi connectivity index (χ1n) is 8.00. The molecule has 1 heterocycles. The van der Waals surface area contributed by atoms with Gasteiger partial charge >= 0.3 is 5.97 Å². The Morgan fingerprint density at radius 3 is 2.04 bits per heavy atom. The molecule has 0 radical (unpaired) electrons. The summed E-state index contributed by atoms with van der Waals surface area (Å²) < 4.78 is 5.77. The topological polar surface area (TPSA) is 66.8 Å². The van der Waals surface area contributed by atoms with Crippen molar-refractivity contribution in [3.63, 3.8) is 0 Å². The van der Waals surface area contributed by atoms with E-state index in [0.29, 0.717) is 11.1 Å². The van der Waals surface area contributed by atoms with Gasteiger partial charge in [0.05, 0.1) is 17.8 Å². The van der Waals surface area contributed by atoms with Gasteiger partial charge in [0, 0.05) is 5.56 Å². The highest BCUT2D eigenvalue weighted by Gasteiger charge is 2.57. The van der Waals surface area contributed by atoms with Crippen molar-refractivity contribution in [3.8, 4) is 0 Å². The molecule has 0 unspecified atom stereocenters. The molecule has 26 heavy (non-hydrogen) atoms. The SMILES string of the molecule is O=C(O)[C@@H]1OC(CCl)(CCl)N(C(=O)c2ccccc2)[C@H]1c1ccccc1. The van der Waals surface area contributed by atoms with Crippen LogP contribution < -0.4 is 0 Å². The number of rotatable bonds is 5. The third kappa shape index (κ3) is 3.18. The Balaban J connectivity index is 2.15. The van der Waals surface area contributed by atoms with Crippen molar-refractivity contribution < 1.29 is 19.4 Å². The molecule has 0 saturated carbocycles. The maximum absolute atomic E-state index is 13.3. The number of carboxylic acids is 1. The van der Waals surface area contributed by atoms with Crippen LogP contribution in [0.1, 0.15) is 22.0 Å². The number of hydrogen-bond acceptors (Lipinski definition) is 3. The molecule has 0 spiro atoms. The van der Waals surface area contributed by atoms with Crippen LogP contribution in [0.5, 0.6) is 0 Å². The molecule has 1 aliphatic heterocycles. The van der Waals surface area contributed by atoms with Crippen LogP contribution in [0.25, 0.3) is 0 Å². The number of carbonyl (C=O) groups is 2. The first-order valence-corrected chi connectivity index (χ1v) is 9.07. The largest absolute Gasteiger partial charge is 0.479 e. The van der Waals surface area contributed by atoms with Crippen molar-refractivity contribution in [2.24, 2.45) is 0 Å². The summed E-state index contributed by atoms with van der Waals surface area (Å²) in [7, 11) is 0. The molecule has 1 fully saturated rings. The number of carboxylic acid groups (broad SMARTS) is 1. The molecule has 1 aliphatic rings. The average Bonchev–Trinajstić information content (AvgIpc) is 3.05. The molecule has 1 amide bonds. The highest BCUT2D eigenvalue weighted by molar-refractivity contribution is 6.22. The lowest BCUT2D eigenvalue weighted by molar-refractivity contribution is -0.154. The Morgan fingerprint density at radius 1 is 1.00 bits per heavy atom. The summed E-state index contributed by atoms with van der Waals surface area (Å²) in [5, 5.41) is 9.69. The molecule has 1 N–H and O–H groups in total. The number of benzene rings is 2. The molecule has 5 nitrogen and oxygen atoms in total. The maximum Gasteiger partial charge on any atom is 0.335 e. The third-order valence-electron chi connectivity index (χ3n) is 4.39. The van der Waals surface area contributed by atoms with E-state index in [1.165, 1.54) is 4.90 Å². The van der Waals surface area contributed by atoms with Gasteiger partial charge in [0.25, 0.3) is 5.91 Å². The van der Waals surface area contributed by atoms with E-state index >= 15 is 0 Å². The van der Waals surface area contributed by atoms with E-state index in [4.69, 9.17) is 27.9 Å². The normalized spacial score (nSPS) is 21.5. The standard InChI is InChI=1S/C19H17Cl2NO4/c20-11-19(12-21)22(17(23)14-9-5-2-6-10-14)15(16(26-19)18(24)25)13-7-3-1-4-8-13/h1-10,15-16H,11-12H2,(H,24,25)/t15-,16+/m0/s1. The Labute approximate surface area is 161 Å². The lowest BCUT2D eigenvalue weighted by atomic mass is 9.98. The summed E-state index contributed by atoms with van der Waals surface area (Å²) in [6, 6.07) is 16.6. The number of aliphatic carboxylic acids is 1. The minimum atomic E-state index is -1.42. The molecule has 136 valence electrons. The van der Waals surface area contributed by atoms with E-state index < -0.39 is 23.8 Å². The molecule has 7 heteroatoms. The predicted molar refractivity (Wildman–Crippen MR) is 98.5 cm³/mol. The van der Waals surface area contributed by atoms with Gasteiger partial charge in [-0.1, -0.05) is 48.5 Å². The van der Waals surface area contributed by atoms with Crippen LogP contribution in [-0.2, 0) is 9.53 Å². The summed E-state index contributed by atoms with van der Waals surface area (Å²) in [5.41, 5.74) is -0.372. The Kier molecular flexibility index (Phi) is 5.51. The molecular weight excluding hydrogens is 377 g/mol. The van der Waals surface area contributed by atoms with Gasteiger partial charge in [0.2, 0.25) is 0 Å². The van der Waals surface area contributed by atoms with Crippen LogP contribution in [0.3, 0.4) is 0 Å². The highest BCUT2D eigenvalue weighted by Crippen LogP contribution is 2.44. The monoisotopic (exact) mass is 393 g/mol. The molecule has 1 saturated heterocycles. The third-order valence-corrected chi connectivity index (χ3v) is 5.23. The van der Waals surface area contributed by atoms with Crippen molar-refractivity contribution in [2.45, 2.75) is 17.9 Å². The van der Waals surface area contributed by atoms with E-state index in [9.17, 15) is 14.7 Å². The molecule has 3 rings (SSSR count). The zero-order valence-corrected chi connectivity index (χ0v) is 15.2. The summed E-state index contributed by atoms with van der Waals surface area (Å²) in [6.07, 6.45) is -1.28. The lowest BCUT2D eigenvalue weighted by Crippen LogP contribution is -2.52. The minimum Gasteiger partial charge on any atom is -0.479 e. The number of alkyl halides is 2. The van der Waals surface area contributed by atoms with Crippen LogP contribution in [-0.4, -0.2) is 45.5 Å². The Hall–Kier alpha value is -2.08. The van der Waals surface area contributed by atoms with E-state index in [0.717, 1.165) is 0 Å². The zero-order valence-electron chi connectivity index (χ0n) is 13.7. The fourth-order valence-corrected chi connectivity index (χ4v) is 3.83. The minimum absolute atomic E-state index is 0.151. The number of ether oxygens (including phenoxy) is 1. The van der Waals surface area contributed by atoms with Gasteiger partial charge in [-0.15, -0.1) is 23.2 Å². The number of hydrogen-bond donors (Lipinski definition) is 1. The van der Waals surface area contributed by atoms with Gasteiger partial charge in [-0.3, -0.25) is 9.69 Å². The maximum atomic E-state index is 13.3. The average molecular weight is 394 g/mol. The van der Waals surface area contributed by atoms with Crippen molar-refractivity contribution in [2.75, 3.05) is 11.8 Å². The van der Waals surface area contributed by atoms with Crippen molar-refractivity contribution >= 4 is 35.1 Å². The Morgan fingerprint density at radius 2 is 1.54 bits per heavy atom. The first-order chi connectivity index (χ1) is 12.5. The summed E-state index contributed by atoms with van der Waals surface area (Å²) in [5.74, 6) is -1.86. The van der Waals surface area contributed by atoms with E-state index in [2.05, 4.69) is 0 Å².